The van der Waals surface area contributed by atoms with Crippen molar-refractivity contribution in [1.29, 1.82) is 0 Å². The van der Waals surface area contributed by atoms with Gasteiger partial charge in [0.05, 0.1) is 19.3 Å². The van der Waals surface area contributed by atoms with Gasteiger partial charge in [-0.05, 0) is 90.3 Å². The highest BCUT2D eigenvalue weighted by molar-refractivity contribution is 5.49. The topological polar surface area (TPSA) is 73.9 Å². The van der Waals surface area contributed by atoms with Crippen LogP contribution in [0.2, 0.25) is 0 Å². The summed E-state index contributed by atoms with van der Waals surface area (Å²) < 4.78 is 65.3. The van der Waals surface area contributed by atoms with Crippen molar-refractivity contribution in [3.05, 3.63) is 133 Å². The maximum Gasteiger partial charge on any atom is 0.275 e. The number of nitrogens with zero attached hydrogens (tertiary/aromatic N) is 3. The Bertz CT molecular complexity index is 2420. The van der Waals surface area contributed by atoms with Gasteiger partial charge in [0.1, 0.15) is 28.8 Å². The van der Waals surface area contributed by atoms with Gasteiger partial charge in [-0.2, -0.15) is 0 Å². The molecule has 0 saturated heterocycles. The van der Waals surface area contributed by atoms with E-state index in [1.165, 1.54) is 27.6 Å². The summed E-state index contributed by atoms with van der Waals surface area (Å²) in [5.74, 6) is -1.72. The molecule has 1 N–H and O–H groups in total. The smallest absolute Gasteiger partial charge is 0.275 e. The van der Waals surface area contributed by atoms with Crippen LogP contribution in [0.4, 0.5) is 17.6 Å². The second-order valence-corrected chi connectivity index (χ2v) is 16.8. The Morgan fingerprint density at radius 2 is 1.26 bits per heavy atom. The van der Waals surface area contributed by atoms with Crippen LogP contribution < -0.4 is 15.9 Å². The minimum atomic E-state index is -0.744. The molecule has 0 spiro atoms. The molecule has 0 unspecified atom stereocenters. The molecular formula is C42H44F4N4O3. The second-order valence-electron chi connectivity index (χ2n) is 16.8. The van der Waals surface area contributed by atoms with Crippen LogP contribution in [0.3, 0.4) is 0 Å². The highest BCUT2D eigenvalue weighted by atomic mass is 19.1. The number of ether oxygens (including phenoxy) is 1. The van der Waals surface area contributed by atoms with Gasteiger partial charge in [0, 0.05) is 39.8 Å². The Kier molecular flexibility index (Phi) is 7.71. The van der Waals surface area contributed by atoms with Crippen LogP contribution in [0.15, 0.2) is 70.3 Å². The standard InChI is InChI=1S/C25H26F2N2O2.C17H18F2N2O/c1-24(2)18-11-12-25(24,3)22-21(18)23(30)29(20-10-7-16(26)13-19(20)27)28(22)14-15-5-8-17(31-4)9-6-15;1-16(2)10-6-7-17(16,3)14-13(10)15(22)21(20-14)12-5-4-9(18)8-11(12)19/h5-10,13,18H,11-12,14H2,1-4H3;4-5,8,10,20H,6-7H2,1-3H3/t18-,25+;10-,17+/m11/s1. The molecule has 7 nitrogen and oxygen atoms in total. The van der Waals surface area contributed by atoms with E-state index in [1.807, 2.05) is 28.9 Å². The molecule has 4 aliphatic rings. The van der Waals surface area contributed by atoms with Gasteiger partial charge >= 0.3 is 0 Å². The molecule has 2 aromatic heterocycles. The number of methoxy groups -OCH3 is 1. The molecule has 2 heterocycles. The first-order valence-electron chi connectivity index (χ1n) is 18.2. The number of hydrogen-bond donors (Lipinski definition) is 1. The van der Waals surface area contributed by atoms with Crippen molar-refractivity contribution >= 4 is 0 Å². The molecule has 2 saturated carbocycles. The second kappa shape index (κ2) is 11.6. The van der Waals surface area contributed by atoms with E-state index in [4.69, 9.17) is 4.74 Å². The fourth-order valence-corrected chi connectivity index (χ4v) is 10.3. The number of nitrogens with one attached hydrogen (secondary N) is 1. The van der Waals surface area contributed by atoms with Gasteiger partial charge in [0.25, 0.3) is 11.1 Å². The van der Waals surface area contributed by atoms with Crippen LogP contribution >= 0.6 is 0 Å². The lowest BCUT2D eigenvalue weighted by atomic mass is 9.70. The number of rotatable bonds is 5. The van der Waals surface area contributed by atoms with Crippen molar-refractivity contribution in [2.45, 2.75) is 96.4 Å². The van der Waals surface area contributed by atoms with Crippen molar-refractivity contribution in [3.8, 4) is 17.1 Å². The lowest BCUT2D eigenvalue weighted by Crippen LogP contribution is -2.36. The maximum atomic E-state index is 14.8. The molecule has 4 bridgehead atoms. The van der Waals surface area contributed by atoms with Crippen LogP contribution in [0.5, 0.6) is 5.75 Å². The van der Waals surface area contributed by atoms with Gasteiger partial charge in [-0.15, -0.1) is 0 Å². The predicted molar refractivity (Wildman–Crippen MR) is 195 cm³/mol. The Morgan fingerprint density at radius 1 is 0.717 bits per heavy atom. The van der Waals surface area contributed by atoms with E-state index in [-0.39, 0.29) is 56.0 Å². The monoisotopic (exact) mass is 728 g/mol. The van der Waals surface area contributed by atoms with Crippen LogP contribution in [0.25, 0.3) is 11.4 Å². The summed E-state index contributed by atoms with van der Waals surface area (Å²) in [7, 11) is 1.61. The van der Waals surface area contributed by atoms with Gasteiger partial charge in [0.15, 0.2) is 11.6 Å². The van der Waals surface area contributed by atoms with Crippen molar-refractivity contribution in [2.75, 3.05) is 7.11 Å². The van der Waals surface area contributed by atoms with E-state index in [9.17, 15) is 27.2 Å². The van der Waals surface area contributed by atoms with Crippen molar-refractivity contribution in [3.63, 3.8) is 0 Å². The highest BCUT2D eigenvalue weighted by Gasteiger charge is 2.63. The molecule has 53 heavy (non-hydrogen) atoms. The van der Waals surface area contributed by atoms with E-state index in [1.54, 1.807) is 7.11 Å². The van der Waals surface area contributed by atoms with Crippen LogP contribution in [-0.4, -0.2) is 26.3 Å². The van der Waals surface area contributed by atoms with Gasteiger partial charge < -0.3 is 4.74 Å². The number of aromatic nitrogens is 4. The highest BCUT2D eigenvalue weighted by Crippen LogP contribution is 2.68. The Balaban J connectivity index is 0.000000160. The molecule has 9 rings (SSSR count). The van der Waals surface area contributed by atoms with Crippen LogP contribution in [-0.2, 0) is 17.4 Å². The van der Waals surface area contributed by atoms with Gasteiger partial charge in [-0.25, -0.2) is 26.9 Å². The molecule has 4 atom stereocenters. The fraction of sp³-hybridized carbons (Fsp3) is 0.429. The van der Waals surface area contributed by atoms with Crippen LogP contribution in [0, 0.1) is 34.1 Å². The Hall–Kier alpha value is -4.80. The number of halogens is 4. The van der Waals surface area contributed by atoms with Crippen molar-refractivity contribution in [2.24, 2.45) is 10.8 Å². The van der Waals surface area contributed by atoms with E-state index in [0.29, 0.717) is 6.54 Å². The number of benzene rings is 3. The van der Waals surface area contributed by atoms with Crippen molar-refractivity contribution < 1.29 is 22.3 Å². The average Bonchev–Trinajstić information content (AvgIpc) is 3.82. The molecular weight excluding hydrogens is 684 g/mol. The van der Waals surface area contributed by atoms with E-state index < -0.39 is 23.3 Å². The molecule has 0 radical (unpaired) electrons. The van der Waals surface area contributed by atoms with E-state index >= 15 is 0 Å². The van der Waals surface area contributed by atoms with Crippen molar-refractivity contribution in [1.82, 2.24) is 19.1 Å². The largest absolute Gasteiger partial charge is 0.497 e. The quantitative estimate of drug-likeness (QED) is 0.184. The summed E-state index contributed by atoms with van der Waals surface area (Å²) in [5, 5.41) is 3.11. The average molecular weight is 729 g/mol. The number of aromatic amines is 1. The summed E-state index contributed by atoms with van der Waals surface area (Å²) in [6.45, 7) is 13.6. The van der Waals surface area contributed by atoms with Gasteiger partial charge in [-0.1, -0.05) is 53.7 Å². The third kappa shape index (κ3) is 4.70. The number of H-pyrrole nitrogens is 1. The third-order valence-electron chi connectivity index (χ3n) is 14.1. The lowest BCUT2D eigenvalue weighted by molar-refractivity contribution is 0.216. The molecule has 278 valence electrons. The number of hydrogen-bond acceptors (Lipinski definition) is 3. The molecule has 5 aromatic rings. The first kappa shape index (κ1) is 35.2. The molecule has 2 fully saturated rings. The SMILES string of the molecule is CC1(C)[C@@H]2CC[C@@]1(C)c1[nH]n(-c3ccc(F)cc3F)c(=O)c12.COc1ccc(Cn2c3c(c(=O)n2-c2ccc(F)cc2F)[C@H]2CC[C@]3(C)C2(C)C)cc1. The zero-order valence-electron chi connectivity index (χ0n) is 31.0. The van der Waals surface area contributed by atoms with Crippen LogP contribution in [0.1, 0.15) is 107 Å². The first-order chi connectivity index (χ1) is 25.0. The molecule has 0 amide bonds. The molecule has 3 aromatic carbocycles. The summed E-state index contributed by atoms with van der Waals surface area (Å²) >= 11 is 0. The summed E-state index contributed by atoms with van der Waals surface area (Å²) in [6, 6.07) is 14.3. The molecule has 11 heteroatoms. The maximum absolute atomic E-state index is 14.8. The minimum Gasteiger partial charge on any atom is -0.497 e. The van der Waals surface area contributed by atoms with Gasteiger partial charge in [0.2, 0.25) is 0 Å². The number of fused-ring (bicyclic) bond motifs is 10. The van der Waals surface area contributed by atoms with E-state index in [0.717, 1.165) is 77.7 Å². The summed E-state index contributed by atoms with van der Waals surface area (Å²) in [4.78, 5) is 26.5. The fourth-order valence-electron chi connectivity index (χ4n) is 10.3. The third-order valence-corrected chi connectivity index (χ3v) is 14.1. The summed E-state index contributed by atoms with van der Waals surface area (Å²) in [5.41, 5.74) is 3.86. The van der Waals surface area contributed by atoms with Gasteiger partial charge in [-0.3, -0.25) is 19.4 Å². The lowest BCUT2D eigenvalue weighted by Gasteiger charge is -2.36. The molecule has 4 aliphatic carbocycles. The first-order valence-corrected chi connectivity index (χ1v) is 18.2. The Labute approximate surface area is 305 Å². The van der Waals surface area contributed by atoms with E-state index in [2.05, 4.69) is 46.6 Å². The normalized spacial score (nSPS) is 25.3. The summed E-state index contributed by atoms with van der Waals surface area (Å²) in [6.07, 6.45) is 3.93. The Morgan fingerprint density at radius 3 is 1.83 bits per heavy atom. The zero-order valence-corrected chi connectivity index (χ0v) is 31.0. The molecule has 0 aliphatic heterocycles. The minimum absolute atomic E-state index is 0.0216. The zero-order chi connectivity index (χ0) is 38.0. The predicted octanol–water partition coefficient (Wildman–Crippen LogP) is 8.77.